The average Bonchev–Trinajstić information content (AvgIpc) is 2.39. The smallest absolute Gasteiger partial charge is 0.0326 e. The average molecular weight is 231 g/mol. The van der Waals surface area contributed by atoms with Crippen molar-refractivity contribution in [3.8, 4) is 0 Å². The summed E-state index contributed by atoms with van der Waals surface area (Å²) in [6, 6.07) is 2.13. The van der Waals surface area contributed by atoms with Crippen molar-refractivity contribution in [2.75, 3.05) is 0 Å². The fourth-order valence-electron chi connectivity index (χ4n) is 0.735. The summed E-state index contributed by atoms with van der Waals surface area (Å²) in [7, 11) is 0. The summed E-state index contributed by atoms with van der Waals surface area (Å²) in [4.78, 5) is 0.474. The summed E-state index contributed by atoms with van der Waals surface area (Å²) < 4.78 is 0. The van der Waals surface area contributed by atoms with Gasteiger partial charge in [0.05, 0.1) is 0 Å². The standard InChI is InChI=1S/C9H11BrS/c1-7(8(2)10)5-9-3-4-11-6-9/h3-6,8H,1-2H3/b7-5+. The molecular formula is C9H11BrS. The topological polar surface area (TPSA) is 0 Å². The Labute approximate surface area is 80.1 Å². The SMILES string of the molecule is C/C(=C\c1ccsc1)C(C)Br. The first-order valence-corrected chi connectivity index (χ1v) is 5.40. The molecule has 11 heavy (non-hydrogen) atoms. The van der Waals surface area contributed by atoms with Crippen LogP contribution in [-0.2, 0) is 0 Å². The van der Waals surface area contributed by atoms with E-state index in [-0.39, 0.29) is 0 Å². The Bertz CT molecular complexity index is 234. The molecule has 1 unspecified atom stereocenters. The monoisotopic (exact) mass is 230 g/mol. The van der Waals surface area contributed by atoms with Crippen LogP contribution < -0.4 is 0 Å². The van der Waals surface area contributed by atoms with E-state index in [4.69, 9.17) is 0 Å². The molecule has 2 heteroatoms. The van der Waals surface area contributed by atoms with Gasteiger partial charge in [-0.15, -0.1) is 0 Å². The van der Waals surface area contributed by atoms with E-state index in [1.165, 1.54) is 11.1 Å². The number of halogens is 1. The highest BCUT2D eigenvalue weighted by atomic mass is 79.9. The zero-order valence-electron chi connectivity index (χ0n) is 6.67. The van der Waals surface area contributed by atoms with E-state index < -0.39 is 0 Å². The van der Waals surface area contributed by atoms with E-state index in [0.717, 1.165) is 0 Å². The first-order chi connectivity index (χ1) is 5.20. The quantitative estimate of drug-likeness (QED) is 0.676. The molecule has 0 nitrogen and oxygen atoms in total. The molecule has 1 rings (SSSR count). The molecule has 0 radical (unpaired) electrons. The maximum Gasteiger partial charge on any atom is 0.0326 e. The first kappa shape index (κ1) is 9.01. The Balaban J connectivity index is 2.74. The number of hydrogen-bond donors (Lipinski definition) is 0. The van der Waals surface area contributed by atoms with E-state index in [9.17, 15) is 0 Å². The zero-order valence-corrected chi connectivity index (χ0v) is 9.08. The van der Waals surface area contributed by atoms with Crippen molar-refractivity contribution in [3.05, 3.63) is 28.0 Å². The van der Waals surface area contributed by atoms with Gasteiger partial charge in [-0.2, -0.15) is 11.3 Å². The molecule has 0 aliphatic carbocycles. The van der Waals surface area contributed by atoms with Crippen molar-refractivity contribution in [1.82, 2.24) is 0 Å². The molecule has 0 aliphatic rings. The first-order valence-electron chi connectivity index (χ1n) is 3.54. The van der Waals surface area contributed by atoms with Crippen molar-refractivity contribution in [1.29, 1.82) is 0 Å². The molecule has 1 atom stereocenters. The van der Waals surface area contributed by atoms with Gasteiger partial charge in [0.25, 0.3) is 0 Å². The summed E-state index contributed by atoms with van der Waals surface area (Å²) >= 11 is 5.25. The second-order valence-electron chi connectivity index (χ2n) is 2.56. The van der Waals surface area contributed by atoms with Crippen LogP contribution in [0.15, 0.2) is 22.4 Å². The van der Waals surface area contributed by atoms with Gasteiger partial charge in [-0.3, -0.25) is 0 Å². The normalized spacial score (nSPS) is 15.0. The second-order valence-corrected chi connectivity index (χ2v) is 4.71. The molecule has 0 aromatic carbocycles. The number of rotatable bonds is 2. The number of allylic oxidation sites excluding steroid dienone is 1. The van der Waals surface area contributed by atoms with Crippen molar-refractivity contribution >= 4 is 33.3 Å². The van der Waals surface area contributed by atoms with Gasteiger partial charge in [0.2, 0.25) is 0 Å². The minimum absolute atomic E-state index is 0.474. The summed E-state index contributed by atoms with van der Waals surface area (Å²) in [5, 5.41) is 4.25. The molecular weight excluding hydrogens is 220 g/mol. The molecule has 1 heterocycles. The lowest BCUT2D eigenvalue weighted by Crippen LogP contribution is -1.89. The van der Waals surface area contributed by atoms with Crippen LogP contribution in [0.3, 0.4) is 0 Å². The van der Waals surface area contributed by atoms with E-state index in [1.54, 1.807) is 11.3 Å². The highest BCUT2D eigenvalue weighted by Gasteiger charge is 1.97. The summed E-state index contributed by atoms with van der Waals surface area (Å²) in [5.74, 6) is 0. The Morgan fingerprint density at radius 1 is 1.73 bits per heavy atom. The molecule has 0 bridgehead atoms. The van der Waals surface area contributed by atoms with Crippen LogP contribution in [0.25, 0.3) is 6.08 Å². The highest BCUT2D eigenvalue weighted by Crippen LogP contribution is 2.16. The molecule has 0 saturated heterocycles. The summed E-state index contributed by atoms with van der Waals surface area (Å²) in [6.45, 7) is 4.27. The Kier molecular flexibility index (Phi) is 3.34. The lowest BCUT2D eigenvalue weighted by Gasteiger charge is -2.00. The third kappa shape index (κ3) is 2.80. The molecule has 1 aromatic heterocycles. The number of thiophene rings is 1. The molecule has 0 spiro atoms. The molecule has 0 saturated carbocycles. The predicted molar refractivity (Wildman–Crippen MR) is 56.4 cm³/mol. The minimum Gasteiger partial charge on any atom is -0.152 e. The zero-order chi connectivity index (χ0) is 8.27. The lowest BCUT2D eigenvalue weighted by molar-refractivity contribution is 1.16. The third-order valence-corrected chi connectivity index (χ3v) is 2.99. The fourth-order valence-corrected chi connectivity index (χ4v) is 1.49. The Morgan fingerprint density at radius 2 is 2.45 bits per heavy atom. The van der Waals surface area contributed by atoms with Crippen LogP contribution in [0.2, 0.25) is 0 Å². The van der Waals surface area contributed by atoms with Gasteiger partial charge in [-0.25, -0.2) is 0 Å². The van der Waals surface area contributed by atoms with Crippen LogP contribution >= 0.6 is 27.3 Å². The summed E-state index contributed by atoms with van der Waals surface area (Å²) in [6.07, 6.45) is 2.20. The van der Waals surface area contributed by atoms with Crippen molar-refractivity contribution in [2.24, 2.45) is 0 Å². The van der Waals surface area contributed by atoms with E-state index in [1.807, 2.05) is 0 Å². The molecule has 0 fully saturated rings. The van der Waals surface area contributed by atoms with Gasteiger partial charge in [0.15, 0.2) is 0 Å². The van der Waals surface area contributed by atoms with Gasteiger partial charge in [0, 0.05) is 4.83 Å². The largest absolute Gasteiger partial charge is 0.152 e. The van der Waals surface area contributed by atoms with Crippen LogP contribution in [0, 0.1) is 0 Å². The van der Waals surface area contributed by atoms with Crippen LogP contribution in [-0.4, -0.2) is 4.83 Å². The molecule has 0 N–H and O–H groups in total. The van der Waals surface area contributed by atoms with E-state index in [2.05, 4.69) is 52.7 Å². The maximum atomic E-state index is 3.52. The van der Waals surface area contributed by atoms with Crippen molar-refractivity contribution in [2.45, 2.75) is 18.7 Å². The fraction of sp³-hybridized carbons (Fsp3) is 0.333. The van der Waals surface area contributed by atoms with Gasteiger partial charge in [-0.05, 0) is 36.2 Å². The molecule has 0 amide bonds. The maximum absolute atomic E-state index is 3.52. The molecule has 0 aliphatic heterocycles. The van der Waals surface area contributed by atoms with E-state index in [0.29, 0.717) is 4.83 Å². The van der Waals surface area contributed by atoms with Gasteiger partial charge in [0.1, 0.15) is 0 Å². The predicted octanol–water partition coefficient (Wildman–Crippen LogP) is 3.93. The Morgan fingerprint density at radius 3 is 2.91 bits per heavy atom. The Hall–Kier alpha value is -0.0800. The van der Waals surface area contributed by atoms with Crippen molar-refractivity contribution in [3.63, 3.8) is 0 Å². The molecule has 1 aromatic rings. The third-order valence-electron chi connectivity index (χ3n) is 1.56. The number of hydrogen-bond acceptors (Lipinski definition) is 1. The minimum atomic E-state index is 0.474. The van der Waals surface area contributed by atoms with Crippen LogP contribution in [0.4, 0.5) is 0 Å². The van der Waals surface area contributed by atoms with Gasteiger partial charge < -0.3 is 0 Å². The van der Waals surface area contributed by atoms with Crippen LogP contribution in [0.1, 0.15) is 19.4 Å². The van der Waals surface area contributed by atoms with Gasteiger partial charge in [-0.1, -0.05) is 27.6 Å². The summed E-state index contributed by atoms with van der Waals surface area (Å²) in [5.41, 5.74) is 2.67. The van der Waals surface area contributed by atoms with Gasteiger partial charge >= 0.3 is 0 Å². The highest BCUT2D eigenvalue weighted by molar-refractivity contribution is 9.09. The second kappa shape index (κ2) is 4.07. The molecule has 60 valence electrons. The van der Waals surface area contributed by atoms with E-state index >= 15 is 0 Å². The van der Waals surface area contributed by atoms with Crippen molar-refractivity contribution < 1.29 is 0 Å². The van der Waals surface area contributed by atoms with Crippen LogP contribution in [0.5, 0.6) is 0 Å². The number of alkyl halides is 1. The lowest BCUT2D eigenvalue weighted by atomic mass is 10.2.